The van der Waals surface area contributed by atoms with E-state index in [0.29, 0.717) is 11.5 Å². The number of hydrogen-bond donors (Lipinski definition) is 4. The Morgan fingerprint density at radius 2 is 1.88 bits per heavy atom. The van der Waals surface area contributed by atoms with Crippen molar-refractivity contribution < 1.29 is 25.2 Å². The van der Waals surface area contributed by atoms with Gasteiger partial charge in [-0.1, -0.05) is 32.9 Å². The summed E-state index contributed by atoms with van der Waals surface area (Å²) in [6, 6.07) is 0. The van der Waals surface area contributed by atoms with Crippen LogP contribution in [-0.2, 0) is 4.79 Å². The van der Waals surface area contributed by atoms with Gasteiger partial charge in [0.05, 0.1) is 12.0 Å². The summed E-state index contributed by atoms with van der Waals surface area (Å²) in [7, 11) is 0. The van der Waals surface area contributed by atoms with E-state index in [4.69, 9.17) is 0 Å². The minimum absolute atomic E-state index is 0.0245. The second-order valence-electron chi connectivity index (χ2n) is 9.27. The van der Waals surface area contributed by atoms with E-state index in [1.165, 1.54) is 0 Å². The number of fused-ring (bicyclic) bond motifs is 3. The zero-order valence-corrected chi connectivity index (χ0v) is 15.2. The Morgan fingerprint density at radius 3 is 2.48 bits per heavy atom. The van der Waals surface area contributed by atoms with Crippen molar-refractivity contribution in [3.8, 4) is 0 Å². The lowest BCUT2D eigenvalue weighted by Crippen LogP contribution is -2.65. The number of allylic oxidation sites excluding steroid dienone is 1. The van der Waals surface area contributed by atoms with E-state index < -0.39 is 35.7 Å². The molecule has 0 aromatic carbocycles. The summed E-state index contributed by atoms with van der Waals surface area (Å²) >= 11 is 0. The van der Waals surface area contributed by atoms with Gasteiger partial charge in [0, 0.05) is 5.92 Å². The number of ketones is 1. The predicted molar refractivity (Wildman–Crippen MR) is 91.4 cm³/mol. The van der Waals surface area contributed by atoms with Crippen molar-refractivity contribution >= 4 is 5.78 Å². The highest BCUT2D eigenvalue weighted by Crippen LogP contribution is 2.71. The summed E-state index contributed by atoms with van der Waals surface area (Å²) in [6.45, 7) is 7.50. The molecule has 0 radical (unpaired) electrons. The quantitative estimate of drug-likeness (QED) is 0.526. The molecular formula is C20H28O5. The normalized spacial score (nSPS) is 53.2. The molecule has 2 saturated carbocycles. The van der Waals surface area contributed by atoms with Crippen LogP contribution in [0, 0.1) is 34.5 Å². The number of aliphatic hydroxyl groups is 4. The molecule has 0 heterocycles. The summed E-state index contributed by atoms with van der Waals surface area (Å²) in [6.07, 6.45) is 1.34. The first-order valence-electron chi connectivity index (χ1n) is 9.18. The number of hydrogen-bond acceptors (Lipinski definition) is 5. The molecule has 4 aliphatic rings. The van der Waals surface area contributed by atoms with Gasteiger partial charge in [-0.25, -0.2) is 0 Å². The van der Waals surface area contributed by atoms with Crippen molar-refractivity contribution in [2.24, 2.45) is 34.5 Å². The van der Waals surface area contributed by atoms with Crippen molar-refractivity contribution in [3.05, 3.63) is 23.3 Å². The van der Waals surface area contributed by atoms with Gasteiger partial charge < -0.3 is 20.4 Å². The van der Waals surface area contributed by atoms with Gasteiger partial charge in [0.1, 0.15) is 17.8 Å². The van der Waals surface area contributed by atoms with Gasteiger partial charge in [0.2, 0.25) is 0 Å². The van der Waals surface area contributed by atoms with Crippen molar-refractivity contribution in [3.63, 3.8) is 0 Å². The van der Waals surface area contributed by atoms with Gasteiger partial charge in [-0.3, -0.25) is 4.79 Å². The average Bonchev–Trinajstić information content (AvgIpc) is 3.05. The Labute approximate surface area is 148 Å². The molecule has 0 aromatic heterocycles. The third-order valence-corrected chi connectivity index (χ3v) is 7.93. The van der Waals surface area contributed by atoms with Crippen molar-refractivity contribution in [1.29, 1.82) is 0 Å². The first-order chi connectivity index (χ1) is 11.5. The summed E-state index contributed by atoms with van der Waals surface area (Å²) in [5.41, 5.74) is -2.58. The number of rotatable bonds is 1. The molecule has 2 bridgehead atoms. The van der Waals surface area contributed by atoms with E-state index in [2.05, 4.69) is 13.8 Å². The summed E-state index contributed by atoms with van der Waals surface area (Å²) in [5.74, 6) is -0.288. The monoisotopic (exact) mass is 348 g/mol. The van der Waals surface area contributed by atoms with Crippen molar-refractivity contribution in [2.45, 2.75) is 51.9 Å². The lowest BCUT2D eigenvalue weighted by atomic mass is 9.59. The van der Waals surface area contributed by atoms with E-state index in [-0.39, 0.29) is 28.6 Å². The van der Waals surface area contributed by atoms with Gasteiger partial charge in [0.25, 0.3) is 0 Å². The molecule has 4 rings (SSSR count). The first kappa shape index (κ1) is 17.4. The van der Waals surface area contributed by atoms with Gasteiger partial charge in [-0.05, 0) is 47.7 Å². The van der Waals surface area contributed by atoms with Crippen LogP contribution in [0.5, 0.6) is 0 Å². The van der Waals surface area contributed by atoms with Gasteiger partial charge in [0.15, 0.2) is 5.78 Å². The maximum atomic E-state index is 13.7. The lowest BCUT2D eigenvalue weighted by Gasteiger charge is -2.48. The van der Waals surface area contributed by atoms with Gasteiger partial charge in [-0.15, -0.1) is 0 Å². The van der Waals surface area contributed by atoms with Crippen molar-refractivity contribution in [2.75, 3.05) is 6.61 Å². The van der Waals surface area contributed by atoms with Gasteiger partial charge in [-0.2, -0.15) is 0 Å². The van der Waals surface area contributed by atoms with Crippen molar-refractivity contribution in [1.82, 2.24) is 0 Å². The van der Waals surface area contributed by atoms with E-state index >= 15 is 0 Å². The molecule has 25 heavy (non-hydrogen) atoms. The number of Topliss-reactive ketones (excluding diaryl/α,β-unsaturated/α-hetero) is 1. The Hall–Kier alpha value is -1.01. The zero-order valence-electron chi connectivity index (χ0n) is 15.2. The van der Waals surface area contributed by atoms with Crippen LogP contribution in [-0.4, -0.2) is 50.6 Å². The highest BCUT2D eigenvalue weighted by Gasteiger charge is 2.75. The second kappa shape index (κ2) is 4.83. The van der Waals surface area contributed by atoms with E-state index in [1.807, 2.05) is 6.92 Å². The summed E-state index contributed by atoms with van der Waals surface area (Å²) < 4.78 is 0. The molecule has 8 atom stereocenters. The molecule has 0 aliphatic heterocycles. The Morgan fingerprint density at radius 1 is 1.24 bits per heavy atom. The van der Waals surface area contributed by atoms with Crippen LogP contribution in [0.3, 0.4) is 0 Å². The third-order valence-electron chi connectivity index (χ3n) is 7.93. The van der Waals surface area contributed by atoms with Crippen LogP contribution in [0.1, 0.15) is 34.1 Å². The second-order valence-corrected chi connectivity index (χ2v) is 9.27. The highest BCUT2D eigenvalue weighted by molar-refractivity contribution is 5.95. The van der Waals surface area contributed by atoms with E-state index in [9.17, 15) is 25.2 Å². The number of carbonyl (C=O) groups is 1. The maximum absolute atomic E-state index is 13.7. The van der Waals surface area contributed by atoms with Crippen LogP contribution < -0.4 is 0 Å². The molecule has 2 fully saturated rings. The average molecular weight is 348 g/mol. The molecule has 5 nitrogen and oxygen atoms in total. The maximum Gasteiger partial charge on any atom is 0.153 e. The molecule has 4 aliphatic carbocycles. The molecule has 4 N–H and O–H groups in total. The van der Waals surface area contributed by atoms with E-state index in [0.717, 1.165) is 6.42 Å². The molecule has 0 amide bonds. The van der Waals surface area contributed by atoms with Crippen LogP contribution >= 0.6 is 0 Å². The molecule has 0 unspecified atom stereocenters. The highest BCUT2D eigenvalue weighted by atomic mass is 16.4. The molecule has 138 valence electrons. The molecular weight excluding hydrogens is 320 g/mol. The van der Waals surface area contributed by atoms with Gasteiger partial charge >= 0.3 is 0 Å². The largest absolute Gasteiger partial charge is 0.392 e. The van der Waals surface area contributed by atoms with Crippen LogP contribution in [0.2, 0.25) is 0 Å². The fourth-order valence-electron chi connectivity index (χ4n) is 6.43. The smallest absolute Gasteiger partial charge is 0.153 e. The zero-order chi connectivity index (χ0) is 18.5. The van der Waals surface area contributed by atoms with Crippen LogP contribution in [0.25, 0.3) is 0 Å². The number of aliphatic hydroxyl groups excluding tert-OH is 3. The summed E-state index contributed by atoms with van der Waals surface area (Å²) in [5, 5.41) is 43.0. The standard InChI is InChI=1S/C20H28O5/c1-9-7-19-10(2)5-13-14(18(13,3)4)12(17(19)24)6-11(8-21)16(23)20(19,25)15(9)22/h6-7,10,12-16,21-23,25H,5,8H2,1-4H3/t10-,12+,13+,14+,15+,16-,19-,20-/m1/s1. The topological polar surface area (TPSA) is 98.0 Å². The Kier molecular flexibility index (Phi) is 3.36. The number of carbonyl (C=O) groups excluding carboxylic acids is 1. The fraction of sp³-hybridized carbons (Fsp3) is 0.750. The lowest BCUT2D eigenvalue weighted by molar-refractivity contribution is -0.190. The minimum atomic E-state index is -2.03. The summed E-state index contributed by atoms with van der Waals surface area (Å²) in [4.78, 5) is 13.7. The Balaban J connectivity index is 1.99. The van der Waals surface area contributed by atoms with E-state index in [1.54, 1.807) is 19.1 Å². The molecule has 0 saturated heterocycles. The van der Waals surface area contributed by atoms with Crippen LogP contribution in [0.4, 0.5) is 0 Å². The fourth-order valence-corrected chi connectivity index (χ4v) is 6.43. The SMILES string of the molecule is CC1=C[C@@]23C(=O)[C@@H](C=C(CO)[C@@H](O)[C@]2(O)[C@H]1O)[C@H]1[C@H](C[C@H]3C)C1(C)C. The molecule has 5 heteroatoms. The van der Waals surface area contributed by atoms with Crippen LogP contribution in [0.15, 0.2) is 23.3 Å². The first-order valence-corrected chi connectivity index (χ1v) is 9.18. The minimum Gasteiger partial charge on any atom is -0.392 e. The molecule has 0 aromatic rings. The Bertz CT molecular complexity index is 707. The molecule has 1 spiro atoms. The predicted octanol–water partition coefficient (Wildman–Crippen LogP) is 0.815. The third kappa shape index (κ3) is 1.71.